The number of nitrogens with two attached hydrogens (primary N) is 1. The normalized spacial score (nSPS) is 18.3. The largest absolute Gasteiger partial charge is 0.342 e. The Bertz CT molecular complexity index is 685. The summed E-state index contributed by atoms with van der Waals surface area (Å²) in [4.78, 5) is 25.8. The van der Waals surface area contributed by atoms with Crippen LogP contribution in [0.15, 0.2) is 29.2 Å². The maximum Gasteiger partial charge on any atom is 0.238 e. The summed E-state index contributed by atoms with van der Waals surface area (Å²) in [5.74, 6) is -0.610. The van der Waals surface area contributed by atoms with E-state index in [1.165, 1.54) is 24.3 Å². The third-order valence-corrected chi connectivity index (χ3v) is 4.75. The molecule has 1 aliphatic heterocycles. The molecule has 7 nitrogen and oxygen atoms in total. The Labute approximate surface area is 135 Å². The van der Waals surface area contributed by atoms with Crippen LogP contribution in [0.1, 0.15) is 26.2 Å². The molecule has 1 aromatic rings. The summed E-state index contributed by atoms with van der Waals surface area (Å²) >= 11 is 0. The standard InChI is InChI=1S/C15H21N3O4S/c1-2-3-8-18-10-11(9-14(18)19)15(20)17-12-4-6-13(7-5-12)23(16,21)22/h4-7,11H,2-3,8-10H2,1H3,(H,17,20)(H2,16,21,22)/t11-/m1/s1. The van der Waals surface area contributed by atoms with Crippen LogP contribution in [0.3, 0.4) is 0 Å². The van der Waals surface area contributed by atoms with Gasteiger partial charge in [-0.1, -0.05) is 13.3 Å². The van der Waals surface area contributed by atoms with E-state index in [1.807, 2.05) is 0 Å². The van der Waals surface area contributed by atoms with E-state index in [4.69, 9.17) is 5.14 Å². The molecule has 1 aliphatic rings. The molecule has 1 saturated heterocycles. The number of primary sulfonamides is 1. The van der Waals surface area contributed by atoms with Gasteiger partial charge in [-0.15, -0.1) is 0 Å². The van der Waals surface area contributed by atoms with E-state index in [1.54, 1.807) is 4.90 Å². The van der Waals surface area contributed by atoms with Crippen LogP contribution in [-0.4, -0.2) is 38.2 Å². The van der Waals surface area contributed by atoms with E-state index in [0.717, 1.165) is 12.8 Å². The number of benzene rings is 1. The van der Waals surface area contributed by atoms with Gasteiger partial charge in [0.1, 0.15) is 0 Å². The molecule has 0 radical (unpaired) electrons. The van der Waals surface area contributed by atoms with E-state index < -0.39 is 10.0 Å². The number of anilines is 1. The molecular formula is C15H21N3O4S. The molecule has 0 saturated carbocycles. The second-order valence-corrected chi connectivity index (χ2v) is 7.21. The first-order chi connectivity index (χ1) is 10.8. The van der Waals surface area contributed by atoms with Crippen LogP contribution in [0, 0.1) is 5.92 Å². The molecule has 1 fully saturated rings. The quantitative estimate of drug-likeness (QED) is 0.803. The lowest BCUT2D eigenvalue weighted by molar-refractivity contribution is -0.128. The number of sulfonamides is 1. The summed E-state index contributed by atoms with van der Waals surface area (Å²) in [6.45, 7) is 3.16. The molecule has 0 aliphatic carbocycles. The molecular weight excluding hydrogens is 318 g/mol. The van der Waals surface area contributed by atoms with Crippen molar-refractivity contribution in [2.75, 3.05) is 18.4 Å². The van der Waals surface area contributed by atoms with Gasteiger partial charge in [-0.3, -0.25) is 9.59 Å². The average Bonchev–Trinajstić information content (AvgIpc) is 2.86. The Balaban J connectivity index is 1.96. The first-order valence-electron chi connectivity index (χ1n) is 7.52. The highest BCUT2D eigenvalue weighted by molar-refractivity contribution is 7.89. The van der Waals surface area contributed by atoms with Gasteiger partial charge in [0.15, 0.2) is 0 Å². The molecule has 1 atom stereocenters. The molecule has 1 aromatic carbocycles. The van der Waals surface area contributed by atoms with Crippen molar-refractivity contribution in [2.24, 2.45) is 11.1 Å². The number of amides is 2. The lowest BCUT2D eigenvalue weighted by atomic mass is 10.1. The molecule has 3 N–H and O–H groups in total. The van der Waals surface area contributed by atoms with Crippen molar-refractivity contribution in [3.05, 3.63) is 24.3 Å². The molecule has 0 aromatic heterocycles. The third kappa shape index (κ3) is 4.52. The zero-order chi connectivity index (χ0) is 17.0. The fraction of sp³-hybridized carbons (Fsp3) is 0.467. The molecule has 0 spiro atoms. The minimum atomic E-state index is -3.75. The van der Waals surface area contributed by atoms with Crippen LogP contribution in [0.5, 0.6) is 0 Å². The maximum absolute atomic E-state index is 12.2. The van der Waals surface area contributed by atoms with Crippen LogP contribution in [0.4, 0.5) is 5.69 Å². The van der Waals surface area contributed by atoms with Crippen molar-refractivity contribution in [1.82, 2.24) is 4.90 Å². The van der Waals surface area contributed by atoms with E-state index in [2.05, 4.69) is 12.2 Å². The smallest absolute Gasteiger partial charge is 0.238 e. The van der Waals surface area contributed by atoms with E-state index in [9.17, 15) is 18.0 Å². The third-order valence-electron chi connectivity index (χ3n) is 3.82. The van der Waals surface area contributed by atoms with E-state index in [-0.39, 0.29) is 29.0 Å². The van der Waals surface area contributed by atoms with Gasteiger partial charge < -0.3 is 10.2 Å². The Morgan fingerprint density at radius 2 is 2.00 bits per heavy atom. The lowest BCUT2D eigenvalue weighted by Gasteiger charge is -2.16. The van der Waals surface area contributed by atoms with Crippen molar-refractivity contribution < 1.29 is 18.0 Å². The Morgan fingerprint density at radius 3 is 2.57 bits per heavy atom. The van der Waals surface area contributed by atoms with Gasteiger partial charge in [-0.25, -0.2) is 13.6 Å². The fourth-order valence-electron chi connectivity index (χ4n) is 2.49. The minimum absolute atomic E-state index is 0.00294. The molecule has 1 heterocycles. The summed E-state index contributed by atoms with van der Waals surface area (Å²) in [5, 5.41) is 7.73. The monoisotopic (exact) mass is 339 g/mol. The number of nitrogens with zero attached hydrogens (tertiary/aromatic N) is 1. The van der Waals surface area contributed by atoms with Crippen LogP contribution in [0.25, 0.3) is 0 Å². The summed E-state index contributed by atoms with van der Waals surface area (Å²) in [6.07, 6.45) is 2.14. The van der Waals surface area contributed by atoms with E-state index >= 15 is 0 Å². The van der Waals surface area contributed by atoms with Crippen molar-refractivity contribution in [3.8, 4) is 0 Å². The van der Waals surface area contributed by atoms with Gasteiger partial charge in [0.25, 0.3) is 0 Å². The van der Waals surface area contributed by atoms with Crippen LogP contribution < -0.4 is 10.5 Å². The Morgan fingerprint density at radius 1 is 1.35 bits per heavy atom. The highest BCUT2D eigenvalue weighted by atomic mass is 32.2. The summed E-state index contributed by atoms with van der Waals surface area (Å²) in [5.41, 5.74) is 0.474. The Kier molecular flexibility index (Phi) is 5.38. The molecule has 0 unspecified atom stereocenters. The zero-order valence-corrected chi connectivity index (χ0v) is 13.8. The zero-order valence-electron chi connectivity index (χ0n) is 13.0. The fourth-order valence-corrected chi connectivity index (χ4v) is 3.00. The number of likely N-dealkylation sites (tertiary alicyclic amines) is 1. The molecule has 23 heavy (non-hydrogen) atoms. The second kappa shape index (κ2) is 7.10. The van der Waals surface area contributed by atoms with Crippen LogP contribution in [-0.2, 0) is 19.6 Å². The van der Waals surface area contributed by atoms with Crippen LogP contribution in [0.2, 0.25) is 0 Å². The van der Waals surface area contributed by atoms with Gasteiger partial charge in [-0.05, 0) is 30.7 Å². The lowest BCUT2D eigenvalue weighted by Crippen LogP contribution is -2.29. The molecule has 126 valence electrons. The predicted octanol–water partition coefficient (Wildman–Crippen LogP) is 0.921. The number of rotatable bonds is 6. The van der Waals surface area contributed by atoms with E-state index in [0.29, 0.717) is 18.8 Å². The van der Waals surface area contributed by atoms with Gasteiger partial charge in [0.05, 0.1) is 10.8 Å². The molecule has 0 bridgehead atoms. The molecule has 2 amide bonds. The van der Waals surface area contributed by atoms with Crippen molar-refractivity contribution in [1.29, 1.82) is 0 Å². The van der Waals surface area contributed by atoms with Crippen molar-refractivity contribution in [2.45, 2.75) is 31.1 Å². The number of hydrogen-bond acceptors (Lipinski definition) is 4. The average molecular weight is 339 g/mol. The van der Waals surface area contributed by atoms with Gasteiger partial charge in [-0.2, -0.15) is 0 Å². The highest BCUT2D eigenvalue weighted by Gasteiger charge is 2.33. The minimum Gasteiger partial charge on any atom is -0.342 e. The number of unbranched alkanes of at least 4 members (excludes halogenated alkanes) is 1. The highest BCUT2D eigenvalue weighted by Crippen LogP contribution is 2.21. The van der Waals surface area contributed by atoms with Crippen molar-refractivity contribution >= 4 is 27.5 Å². The Hall–Kier alpha value is -1.93. The van der Waals surface area contributed by atoms with Crippen molar-refractivity contribution in [3.63, 3.8) is 0 Å². The number of nitrogens with one attached hydrogen (secondary N) is 1. The summed E-state index contributed by atoms with van der Waals surface area (Å²) in [7, 11) is -3.75. The number of carbonyl (C=O) groups is 2. The first kappa shape index (κ1) is 17.4. The topological polar surface area (TPSA) is 110 Å². The number of carbonyl (C=O) groups excluding carboxylic acids is 2. The maximum atomic E-state index is 12.2. The molecule has 2 rings (SSSR count). The second-order valence-electron chi connectivity index (χ2n) is 5.65. The van der Waals surface area contributed by atoms with Gasteiger partial charge in [0.2, 0.25) is 21.8 Å². The summed E-state index contributed by atoms with van der Waals surface area (Å²) in [6, 6.07) is 5.61. The van der Waals surface area contributed by atoms with Gasteiger partial charge >= 0.3 is 0 Å². The first-order valence-corrected chi connectivity index (χ1v) is 9.07. The summed E-state index contributed by atoms with van der Waals surface area (Å²) < 4.78 is 22.4. The SMILES string of the molecule is CCCCN1C[C@H](C(=O)Nc2ccc(S(N)(=O)=O)cc2)CC1=O. The molecule has 8 heteroatoms. The van der Waals surface area contributed by atoms with Crippen LogP contribution >= 0.6 is 0 Å². The number of hydrogen-bond donors (Lipinski definition) is 2. The predicted molar refractivity (Wildman–Crippen MR) is 86.0 cm³/mol. The van der Waals surface area contributed by atoms with Gasteiger partial charge in [0, 0.05) is 25.2 Å².